The average molecular weight is 332 g/mol. The van der Waals surface area contributed by atoms with E-state index in [1.165, 1.54) is 23.9 Å². The van der Waals surface area contributed by atoms with Crippen LogP contribution in [0.1, 0.15) is 19.4 Å². The van der Waals surface area contributed by atoms with Crippen molar-refractivity contribution >= 4 is 15.9 Å². The van der Waals surface area contributed by atoms with E-state index in [4.69, 9.17) is 13.0 Å². The van der Waals surface area contributed by atoms with Crippen molar-refractivity contribution < 1.29 is 17.4 Å². The van der Waals surface area contributed by atoms with Crippen LogP contribution >= 0.6 is 15.9 Å². The van der Waals surface area contributed by atoms with Crippen molar-refractivity contribution in [1.29, 1.82) is 0 Å². The normalized spacial score (nSPS) is 16.6. The molecule has 0 atom stereocenters. The third-order valence-corrected chi connectivity index (χ3v) is 3.03. The SMILES string of the molecule is [2H]C([2H])([2H])c1cc(F)cc(C([2H])([2H])[2H])c1Oc1cn(C)c(=O)cc1Br. The summed E-state index contributed by atoms with van der Waals surface area (Å²) in [5, 5.41) is 0. The first kappa shape index (κ1) is 7.85. The van der Waals surface area contributed by atoms with Crippen LogP contribution in [0.25, 0.3) is 0 Å². The molecule has 0 bridgehead atoms. The first-order valence-corrected chi connectivity index (χ1v) is 5.98. The van der Waals surface area contributed by atoms with E-state index in [0.717, 1.165) is 0 Å². The fourth-order valence-electron chi connectivity index (χ4n) is 1.47. The molecule has 0 saturated carbocycles. The maximum absolute atomic E-state index is 13.8. The van der Waals surface area contributed by atoms with Crippen LogP contribution in [0.2, 0.25) is 0 Å². The molecule has 2 aromatic rings. The van der Waals surface area contributed by atoms with E-state index in [0.29, 0.717) is 12.1 Å². The molecule has 0 aliphatic rings. The van der Waals surface area contributed by atoms with Crippen molar-refractivity contribution in [1.82, 2.24) is 4.57 Å². The van der Waals surface area contributed by atoms with Crippen LogP contribution in [-0.2, 0) is 7.05 Å². The molecule has 2 rings (SSSR count). The highest BCUT2D eigenvalue weighted by Gasteiger charge is 2.11. The lowest BCUT2D eigenvalue weighted by Gasteiger charge is -2.13. The standard InChI is InChI=1S/C14H13BrFNO2/c1-8-4-10(16)5-9(2)14(8)19-12-7-17(3)13(18)6-11(12)15/h4-7H,1-3H3/i1D3,2D3. The molecule has 0 aliphatic carbocycles. The average Bonchev–Trinajstić information content (AvgIpc) is 2.43. The quantitative estimate of drug-likeness (QED) is 0.840. The third kappa shape index (κ3) is 2.87. The molecular formula is C14H13BrFNO2. The summed E-state index contributed by atoms with van der Waals surface area (Å²) < 4.78 is 66.0. The number of pyridine rings is 1. The summed E-state index contributed by atoms with van der Waals surface area (Å²) >= 11 is 3.11. The number of benzene rings is 1. The van der Waals surface area contributed by atoms with Crippen molar-refractivity contribution in [3.63, 3.8) is 0 Å². The van der Waals surface area contributed by atoms with Gasteiger partial charge < -0.3 is 9.30 Å². The number of aryl methyl sites for hydroxylation is 3. The number of hydrogen-bond donors (Lipinski definition) is 0. The predicted molar refractivity (Wildman–Crippen MR) is 75.3 cm³/mol. The van der Waals surface area contributed by atoms with Crippen molar-refractivity contribution in [2.45, 2.75) is 13.7 Å². The second-order valence-corrected chi connectivity index (χ2v) is 4.72. The molecule has 1 heterocycles. The molecule has 0 radical (unpaired) electrons. The Balaban J connectivity index is 2.75. The molecule has 5 heteroatoms. The van der Waals surface area contributed by atoms with Crippen LogP contribution in [0.15, 0.2) is 33.7 Å². The minimum absolute atomic E-state index is 0.0182. The van der Waals surface area contributed by atoms with Gasteiger partial charge in [0.05, 0.1) is 10.7 Å². The largest absolute Gasteiger partial charge is 0.454 e. The molecule has 0 amide bonds. The van der Waals surface area contributed by atoms with Gasteiger partial charge in [-0.05, 0) is 52.9 Å². The van der Waals surface area contributed by atoms with Gasteiger partial charge in [0.1, 0.15) is 11.6 Å². The molecule has 0 spiro atoms. The van der Waals surface area contributed by atoms with Crippen molar-refractivity contribution in [2.75, 3.05) is 0 Å². The van der Waals surface area contributed by atoms with Gasteiger partial charge in [0.15, 0.2) is 5.75 Å². The van der Waals surface area contributed by atoms with Gasteiger partial charge >= 0.3 is 0 Å². The van der Waals surface area contributed by atoms with Crippen LogP contribution in [0.5, 0.6) is 11.5 Å². The molecular weight excluding hydrogens is 313 g/mol. The Morgan fingerprint density at radius 3 is 2.53 bits per heavy atom. The fraction of sp³-hybridized carbons (Fsp3) is 0.214. The van der Waals surface area contributed by atoms with E-state index >= 15 is 0 Å². The molecule has 1 aromatic heterocycles. The number of nitrogens with zero attached hydrogens (tertiary/aromatic N) is 1. The number of aromatic nitrogens is 1. The summed E-state index contributed by atoms with van der Waals surface area (Å²) in [6.07, 6.45) is 1.27. The monoisotopic (exact) mass is 331 g/mol. The fourth-order valence-corrected chi connectivity index (χ4v) is 1.85. The maximum atomic E-state index is 13.8. The Morgan fingerprint density at radius 2 is 1.95 bits per heavy atom. The van der Waals surface area contributed by atoms with Gasteiger partial charge in [0, 0.05) is 21.3 Å². The molecule has 0 fully saturated rings. The van der Waals surface area contributed by atoms with Crippen molar-refractivity contribution in [3.8, 4) is 11.5 Å². The Hall–Kier alpha value is -1.62. The molecule has 0 aliphatic heterocycles. The highest BCUT2D eigenvalue weighted by atomic mass is 79.9. The highest BCUT2D eigenvalue weighted by Crippen LogP contribution is 2.32. The van der Waals surface area contributed by atoms with E-state index in [1.54, 1.807) is 0 Å². The molecule has 0 N–H and O–H groups in total. The van der Waals surface area contributed by atoms with Gasteiger partial charge in [-0.3, -0.25) is 4.79 Å². The minimum Gasteiger partial charge on any atom is -0.454 e. The Kier molecular flexibility index (Phi) is 2.13. The van der Waals surface area contributed by atoms with Gasteiger partial charge in [-0.1, -0.05) is 0 Å². The van der Waals surface area contributed by atoms with E-state index in [1.807, 2.05) is 0 Å². The topological polar surface area (TPSA) is 31.2 Å². The number of rotatable bonds is 2. The summed E-state index contributed by atoms with van der Waals surface area (Å²) in [5.41, 5.74) is -1.50. The first-order chi connectivity index (χ1) is 11.3. The Bertz CT molecular complexity index is 840. The van der Waals surface area contributed by atoms with Crippen molar-refractivity contribution in [2.24, 2.45) is 7.05 Å². The zero-order valence-corrected chi connectivity index (χ0v) is 11.4. The van der Waals surface area contributed by atoms with E-state index in [9.17, 15) is 9.18 Å². The summed E-state index contributed by atoms with van der Waals surface area (Å²) in [7, 11) is 1.45. The van der Waals surface area contributed by atoms with Gasteiger partial charge in [-0.25, -0.2) is 4.39 Å². The molecule has 19 heavy (non-hydrogen) atoms. The zero-order chi connectivity index (χ0) is 19.2. The molecule has 1 aromatic carbocycles. The lowest BCUT2D eigenvalue weighted by atomic mass is 10.1. The zero-order valence-electron chi connectivity index (χ0n) is 15.8. The number of ether oxygens (including phenoxy) is 1. The van der Waals surface area contributed by atoms with E-state index in [-0.39, 0.29) is 15.8 Å². The van der Waals surface area contributed by atoms with Crippen LogP contribution in [-0.4, -0.2) is 4.57 Å². The lowest BCUT2D eigenvalue weighted by Crippen LogP contribution is -2.14. The van der Waals surface area contributed by atoms with Crippen LogP contribution in [0.4, 0.5) is 4.39 Å². The van der Waals surface area contributed by atoms with E-state index in [2.05, 4.69) is 15.9 Å². The minimum atomic E-state index is -2.80. The van der Waals surface area contributed by atoms with Crippen LogP contribution < -0.4 is 10.3 Å². The second-order valence-electron chi connectivity index (χ2n) is 3.87. The lowest BCUT2D eigenvalue weighted by molar-refractivity contribution is 0.463. The smallest absolute Gasteiger partial charge is 0.251 e. The molecule has 0 unspecified atom stereocenters. The highest BCUT2D eigenvalue weighted by molar-refractivity contribution is 9.10. The summed E-state index contributed by atoms with van der Waals surface area (Å²) in [6.45, 7) is -5.60. The van der Waals surface area contributed by atoms with Gasteiger partial charge in [0.25, 0.3) is 5.56 Å². The summed E-state index contributed by atoms with van der Waals surface area (Å²) in [5.74, 6) is -1.46. The third-order valence-electron chi connectivity index (χ3n) is 2.41. The van der Waals surface area contributed by atoms with Crippen molar-refractivity contribution in [3.05, 3.63) is 56.2 Å². The number of hydrogen-bond acceptors (Lipinski definition) is 2. The van der Waals surface area contributed by atoms with Crippen LogP contribution in [0.3, 0.4) is 0 Å². The molecule has 3 nitrogen and oxygen atoms in total. The Labute approximate surface area is 127 Å². The second kappa shape index (κ2) is 5.17. The molecule has 100 valence electrons. The number of halogens is 2. The van der Waals surface area contributed by atoms with Gasteiger partial charge in [-0.15, -0.1) is 0 Å². The maximum Gasteiger partial charge on any atom is 0.251 e. The van der Waals surface area contributed by atoms with Crippen LogP contribution in [0, 0.1) is 19.5 Å². The Morgan fingerprint density at radius 1 is 1.32 bits per heavy atom. The van der Waals surface area contributed by atoms with E-state index < -0.39 is 36.4 Å². The predicted octanol–water partition coefficient (Wildman–Crippen LogP) is 3.70. The van der Waals surface area contributed by atoms with Gasteiger partial charge in [-0.2, -0.15) is 0 Å². The first-order valence-electron chi connectivity index (χ1n) is 8.19. The van der Waals surface area contributed by atoms with Gasteiger partial charge in [0.2, 0.25) is 0 Å². The molecule has 0 saturated heterocycles. The summed E-state index contributed by atoms with van der Waals surface area (Å²) in [4.78, 5) is 11.6. The summed E-state index contributed by atoms with van der Waals surface area (Å²) in [6, 6.07) is 2.61.